The molecule has 8 nitrogen and oxygen atoms in total. The van der Waals surface area contributed by atoms with E-state index < -0.39 is 11.6 Å². The van der Waals surface area contributed by atoms with Gasteiger partial charge in [0.2, 0.25) is 5.88 Å². The molecule has 0 radical (unpaired) electrons. The van der Waals surface area contributed by atoms with Crippen LogP contribution in [0.2, 0.25) is 0 Å². The average molecular weight is 492 g/mol. The fraction of sp³-hybridized carbons (Fsp3) is 0.440. The molecule has 1 aliphatic rings. The molecule has 1 heterocycles. The number of benzene rings is 1. The van der Waals surface area contributed by atoms with Crippen LogP contribution in [-0.4, -0.2) is 42.5 Å². The molecule has 190 valence electrons. The smallest absolute Gasteiger partial charge is 0.315 e. The highest BCUT2D eigenvalue weighted by Gasteiger charge is 2.19. The number of ether oxygens (including phenoxy) is 2. The Bertz CT molecular complexity index is 993. The van der Waals surface area contributed by atoms with Gasteiger partial charge in [0, 0.05) is 12.6 Å². The predicted molar refractivity (Wildman–Crippen MR) is 125 cm³/mol. The minimum absolute atomic E-state index is 0.00416. The molecule has 3 rings (SSSR count). The zero-order valence-electron chi connectivity index (χ0n) is 20.1. The number of nitrogens with one attached hydrogen (secondary N) is 2. The van der Waals surface area contributed by atoms with Crippen molar-refractivity contribution in [2.45, 2.75) is 52.0 Å². The SMILES string of the molecule is CC(=O)c1cc(F)cnc1Oc1ccc(F)cc1.COC(=O)CCNC(=O)NC1CCC(C)CC1. The van der Waals surface area contributed by atoms with Crippen LogP contribution in [-0.2, 0) is 9.53 Å². The molecule has 1 fully saturated rings. The van der Waals surface area contributed by atoms with Gasteiger partial charge in [0.25, 0.3) is 0 Å². The van der Waals surface area contributed by atoms with Crippen LogP contribution in [0.1, 0.15) is 56.3 Å². The molecule has 1 aromatic carbocycles. The van der Waals surface area contributed by atoms with E-state index in [4.69, 9.17) is 4.74 Å². The van der Waals surface area contributed by atoms with E-state index in [9.17, 15) is 23.2 Å². The van der Waals surface area contributed by atoms with E-state index in [1.807, 2.05) is 0 Å². The van der Waals surface area contributed by atoms with Gasteiger partial charge in [-0.3, -0.25) is 9.59 Å². The van der Waals surface area contributed by atoms with Gasteiger partial charge in [0.15, 0.2) is 5.78 Å². The highest BCUT2D eigenvalue weighted by molar-refractivity contribution is 5.96. The van der Waals surface area contributed by atoms with Crippen LogP contribution in [0, 0.1) is 17.6 Å². The molecule has 0 bridgehead atoms. The van der Waals surface area contributed by atoms with E-state index in [1.54, 1.807) is 0 Å². The maximum absolute atomic E-state index is 13.0. The van der Waals surface area contributed by atoms with Gasteiger partial charge < -0.3 is 20.1 Å². The van der Waals surface area contributed by atoms with Gasteiger partial charge in [0.1, 0.15) is 17.4 Å². The molecular weight excluding hydrogens is 460 g/mol. The first-order valence-electron chi connectivity index (χ1n) is 11.4. The van der Waals surface area contributed by atoms with Crippen LogP contribution >= 0.6 is 0 Å². The largest absolute Gasteiger partial charge is 0.469 e. The summed E-state index contributed by atoms with van der Waals surface area (Å²) in [7, 11) is 1.34. The number of carbonyl (C=O) groups is 3. The Hall–Kier alpha value is -3.56. The van der Waals surface area contributed by atoms with E-state index in [2.05, 4.69) is 27.3 Å². The summed E-state index contributed by atoms with van der Waals surface area (Å²) < 4.78 is 35.5. The Kier molecular flexibility index (Phi) is 11.1. The molecule has 0 saturated heterocycles. The molecule has 1 saturated carbocycles. The monoisotopic (exact) mass is 491 g/mol. The Morgan fingerprint density at radius 3 is 2.31 bits per heavy atom. The number of halogens is 2. The molecule has 0 spiro atoms. The highest BCUT2D eigenvalue weighted by atomic mass is 19.1. The molecule has 0 unspecified atom stereocenters. The lowest BCUT2D eigenvalue weighted by atomic mass is 9.87. The first-order valence-corrected chi connectivity index (χ1v) is 11.4. The molecule has 1 aromatic heterocycles. The number of rotatable bonds is 7. The number of hydrogen-bond donors (Lipinski definition) is 2. The summed E-state index contributed by atoms with van der Waals surface area (Å²) in [6.45, 7) is 3.85. The minimum atomic E-state index is -0.619. The van der Waals surface area contributed by atoms with Crippen LogP contribution < -0.4 is 15.4 Å². The van der Waals surface area contributed by atoms with Crippen molar-refractivity contribution in [2.75, 3.05) is 13.7 Å². The van der Waals surface area contributed by atoms with E-state index in [0.29, 0.717) is 12.3 Å². The van der Waals surface area contributed by atoms with Gasteiger partial charge in [-0.25, -0.2) is 18.6 Å². The normalized spacial score (nSPS) is 16.8. The van der Waals surface area contributed by atoms with Crippen molar-refractivity contribution in [3.05, 3.63) is 53.7 Å². The second-order valence-electron chi connectivity index (χ2n) is 8.30. The summed E-state index contributed by atoms with van der Waals surface area (Å²) in [6, 6.07) is 6.36. The number of hydrogen-bond acceptors (Lipinski definition) is 6. The first kappa shape index (κ1) is 27.7. The van der Waals surface area contributed by atoms with Crippen LogP contribution in [0.4, 0.5) is 13.6 Å². The lowest BCUT2D eigenvalue weighted by molar-refractivity contribution is -0.140. The van der Waals surface area contributed by atoms with E-state index in [1.165, 1.54) is 51.1 Å². The predicted octanol–water partition coefficient (Wildman–Crippen LogP) is 4.78. The number of methoxy groups -OCH3 is 1. The summed E-state index contributed by atoms with van der Waals surface area (Å²) in [5.41, 5.74) is 0.0410. The third kappa shape index (κ3) is 10.1. The van der Waals surface area contributed by atoms with Gasteiger partial charge in [0.05, 0.1) is 25.3 Å². The Morgan fingerprint density at radius 2 is 1.71 bits per heavy atom. The number of Topliss-reactive ketones (excluding diaryl/α,β-unsaturated/α-hetero) is 1. The van der Waals surface area contributed by atoms with Crippen molar-refractivity contribution >= 4 is 17.8 Å². The topological polar surface area (TPSA) is 107 Å². The molecular formula is C25H31F2N3O5. The third-order valence-electron chi connectivity index (χ3n) is 5.42. The zero-order valence-corrected chi connectivity index (χ0v) is 20.1. The van der Waals surface area contributed by atoms with Crippen molar-refractivity contribution in [3.8, 4) is 11.6 Å². The summed E-state index contributed by atoms with van der Waals surface area (Å²) >= 11 is 0. The number of esters is 1. The van der Waals surface area contributed by atoms with Gasteiger partial charge in [-0.1, -0.05) is 6.92 Å². The fourth-order valence-electron chi connectivity index (χ4n) is 3.40. The molecule has 1 aliphatic carbocycles. The van der Waals surface area contributed by atoms with E-state index in [0.717, 1.165) is 31.0 Å². The molecule has 0 aliphatic heterocycles. The number of carbonyl (C=O) groups excluding carboxylic acids is 3. The Balaban J connectivity index is 0.000000247. The van der Waals surface area contributed by atoms with Crippen LogP contribution in [0.25, 0.3) is 0 Å². The number of amides is 2. The van der Waals surface area contributed by atoms with Crippen molar-refractivity contribution in [1.82, 2.24) is 15.6 Å². The van der Waals surface area contributed by atoms with Gasteiger partial charge in [-0.05, 0) is 68.9 Å². The maximum Gasteiger partial charge on any atom is 0.315 e. The molecule has 35 heavy (non-hydrogen) atoms. The van der Waals surface area contributed by atoms with E-state index >= 15 is 0 Å². The summed E-state index contributed by atoms with van der Waals surface area (Å²) in [5, 5.41) is 5.58. The standard InChI is InChI=1S/C13H9F2NO2.C12H22N2O3/c1-8(17)12-6-10(15)7-16-13(12)18-11-4-2-9(14)3-5-11;1-9-3-5-10(6-4-9)14-12(16)13-8-7-11(15)17-2/h2-7H,1H3;9-10H,3-8H2,1-2H3,(H2,13,14,16). The zero-order chi connectivity index (χ0) is 25.8. The van der Waals surface area contributed by atoms with Crippen molar-refractivity contribution in [1.29, 1.82) is 0 Å². The molecule has 2 aromatic rings. The van der Waals surface area contributed by atoms with Crippen molar-refractivity contribution in [2.24, 2.45) is 5.92 Å². The maximum atomic E-state index is 13.0. The van der Waals surface area contributed by atoms with Crippen molar-refractivity contribution < 1.29 is 32.6 Å². The number of pyridine rings is 1. The van der Waals surface area contributed by atoms with E-state index in [-0.39, 0.29) is 41.7 Å². The highest BCUT2D eigenvalue weighted by Crippen LogP contribution is 2.24. The lowest BCUT2D eigenvalue weighted by Crippen LogP contribution is -2.44. The number of ketones is 1. The molecule has 0 atom stereocenters. The minimum Gasteiger partial charge on any atom is -0.469 e. The third-order valence-corrected chi connectivity index (χ3v) is 5.42. The van der Waals surface area contributed by atoms with Gasteiger partial charge in [-0.2, -0.15) is 0 Å². The Labute approximate surface area is 203 Å². The van der Waals surface area contributed by atoms with Gasteiger partial charge in [-0.15, -0.1) is 0 Å². The lowest BCUT2D eigenvalue weighted by Gasteiger charge is -2.26. The number of aromatic nitrogens is 1. The summed E-state index contributed by atoms with van der Waals surface area (Å²) in [4.78, 5) is 37.3. The second kappa shape index (κ2) is 14.0. The van der Waals surface area contributed by atoms with Crippen LogP contribution in [0.15, 0.2) is 36.5 Å². The molecule has 2 N–H and O–H groups in total. The van der Waals surface area contributed by atoms with Crippen molar-refractivity contribution in [3.63, 3.8) is 0 Å². The molecule has 10 heteroatoms. The summed E-state index contributed by atoms with van der Waals surface area (Å²) in [5.74, 6) is -0.604. The first-order chi connectivity index (χ1) is 16.7. The molecule has 2 amide bonds. The van der Waals surface area contributed by atoms with Gasteiger partial charge >= 0.3 is 12.0 Å². The number of nitrogens with zero attached hydrogens (tertiary/aromatic N) is 1. The van der Waals surface area contributed by atoms with Crippen LogP contribution in [0.3, 0.4) is 0 Å². The Morgan fingerprint density at radius 1 is 1.06 bits per heavy atom. The fourth-order valence-corrected chi connectivity index (χ4v) is 3.40. The summed E-state index contributed by atoms with van der Waals surface area (Å²) in [6.07, 6.45) is 5.61. The van der Waals surface area contributed by atoms with Crippen LogP contribution in [0.5, 0.6) is 11.6 Å². The number of urea groups is 1. The average Bonchev–Trinajstić information content (AvgIpc) is 2.83. The quantitative estimate of drug-likeness (QED) is 0.426. The second-order valence-corrected chi connectivity index (χ2v) is 8.30.